The summed E-state index contributed by atoms with van der Waals surface area (Å²) in [5.74, 6) is -0.715. The zero-order valence-electron chi connectivity index (χ0n) is 22.7. The number of carbonyl (C=O) groups is 1. The lowest BCUT2D eigenvalue weighted by Crippen LogP contribution is -2.26. The van der Waals surface area contributed by atoms with Gasteiger partial charge in [-0.1, -0.05) is 42.3 Å². The molecule has 41 heavy (non-hydrogen) atoms. The van der Waals surface area contributed by atoms with Crippen LogP contribution in [-0.2, 0) is 11.8 Å². The van der Waals surface area contributed by atoms with Crippen molar-refractivity contribution in [2.45, 2.75) is 38.1 Å². The molecule has 1 aliphatic heterocycles. The van der Waals surface area contributed by atoms with Crippen molar-refractivity contribution in [3.05, 3.63) is 88.3 Å². The molecule has 0 amide bonds. The van der Waals surface area contributed by atoms with Crippen molar-refractivity contribution in [1.82, 2.24) is 15.0 Å². The summed E-state index contributed by atoms with van der Waals surface area (Å²) in [6.07, 6.45) is 5.05. The van der Waals surface area contributed by atoms with Crippen LogP contribution in [0.1, 0.15) is 41.2 Å². The van der Waals surface area contributed by atoms with E-state index < -0.39 is 5.97 Å². The maximum absolute atomic E-state index is 11.3. The Hall–Kier alpha value is -4.74. The van der Waals surface area contributed by atoms with Gasteiger partial charge in [0.05, 0.1) is 0 Å². The third-order valence-corrected chi connectivity index (χ3v) is 9.36. The van der Waals surface area contributed by atoms with Crippen molar-refractivity contribution in [1.29, 1.82) is 5.26 Å². The molecule has 1 aliphatic carbocycles. The SMILES string of the molecule is Cc1ccc(N2c3ccc(-c4ccc(-c5ccc(/C=C(/C#N)C(=O)O)s5)c5nn(C)nc45)cc3C3CCCC32)cc1. The molecule has 3 aromatic carbocycles. The Balaban J connectivity index is 1.30. The molecule has 5 aromatic rings. The summed E-state index contributed by atoms with van der Waals surface area (Å²) in [7, 11) is 1.83. The number of thiophene rings is 1. The van der Waals surface area contributed by atoms with E-state index in [1.165, 1.54) is 59.2 Å². The number of fused-ring (bicyclic) bond motifs is 4. The number of aryl methyl sites for hydroxylation is 2. The molecular weight excluding hydrogens is 530 g/mol. The Morgan fingerprint density at radius 2 is 1.78 bits per heavy atom. The number of hydrogen-bond donors (Lipinski definition) is 1. The van der Waals surface area contributed by atoms with Crippen LogP contribution in [0.25, 0.3) is 38.7 Å². The fourth-order valence-corrected chi connectivity index (χ4v) is 7.43. The number of benzene rings is 3. The smallest absolute Gasteiger partial charge is 0.346 e. The lowest BCUT2D eigenvalue weighted by atomic mass is 9.93. The molecule has 0 spiro atoms. The van der Waals surface area contributed by atoms with E-state index in [2.05, 4.69) is 66.4 Å². The lowest BCUT2D eigenvalue weighted by molar-refractivity contribution is -0.132. The number of hydrogen-bond acceptors (Lipinski definition) is 6. The Bertz CT molecular complexity index is 1910. The maximum Gasteiger partial charge on any atom is 0.346 e. The third kappa shape index (κ3) is 4.21. The summed E-state index contributed by atoms with van der Waals surface area (Å²) in [5.41, 5.74) is 9.67. The Labute approximate surface area is 241 Å². The first kappa shape index (κ1) is 25.2. The van der Waals surface area contributed by atoms with Gasteiger partial charge < -0.3 is 10.0 Å². The van der Waals surface area contributed by atoms with E-state index in [0.717, 1.165) is 32.6 Å². The minimum atomic E-state index is -1.23. The molecule has 2 atom stereocenters. The Kier molecular flexibility index (Phi) is 5.98. The second-order valence-electron chi connectivity index (χ2n) is 10.8. The Morgan fingerprint density at radius 3 is 2.54 bits per heavy atom. The average molecular weight is 558 g/mol. The predicted molar refractivity (Wildman–Crippen MR) is 162 cm³/mol. The molecule has 8 heteroatoms. The molecule has 2 aromatic heterocycles. The fourth-order valence-electron chi connectivity index (χ4n) is 6.45. The molecule has 0 radical (unpaired) electrons. The van der Waals surface area contributed by atoms with E-state index >= 15 is 0 Å². The summed E-state index contributed by atoms with van der Waals surface area (Å²) in [6, 6.07) is 25.9. The van der Waals surface area contributed by atoms with Crippen LogP contribution in [0.2, 0.25) is 0 Å². The number of carboxylic acids is 1. The molecular formula is C33H27N5O2S. The highest BCUT2D eigenvalue weighted by atomic mass is 32.1. The van der Waals surface area contributed by atoms with E-state index in [4.69, 9.17) is 15.5 Å². The van der Waals surface area contributed by atoms with Gasteiger partial charge >= 0.3 is 5.97 Å². The second kappa shape index (κ2) is 9.72. The molecule has 1 N–H and O–H groups in total. The number of anilines is 2. The predicted octanol–water partition coefficient (Wildman–Crippen LogP) is 7.45. The van der Waals surface area contributed by atoms with Crippen molar-refractivity contribution in [2.75, 3.05) is 4.90 Å². The topological polar surface area (TPSA) is 95.0 Å². The van der Waals surface area contributed by atoms with Gasteiger partial charge in [0.25, 0.3) is 0 Å². The van der Waals surface area contributed by atoms with Crippen LogP contribution in [0.15, 0.2) is 72.3 Å². The van der Waals surface area contributed by atoms with Crippen molar-refractivity contribution in [2.24, 2.45) is 7.05 Å². The van der Waals surface area contributed by atoms with E-state index in [1.807, 2.05) is 19.2 Å². The number of rotatable bonds is 5. The van der Waals surface area contributed by atoms with E-state index in [1.54, 1.807) is 10.9 Å². The highest BCUT2D eigenvalue weighted by Crippen LogP contribution is 2.53. The highest BCUT2D eigenvalue weighted by Gasteiger charge is 2.42. The molecule has 2 unspecified atom stereocenters. The van der Waals surface area contributed by atoms with Crippen LogP contribution in [0.3, 0.4) is 0 Å². The standard InChI is InChI=1S/C33H27N5O2S/c1-19-6-9-22(10-7-19)38-28-5-3-4-25(28)27-17-20(8-14-29(27)38)24-12-13-26(32-31(24)35-37(2)36-32)30-15-11-23(41-30)16-21(18-34)33(39)40/h6-17,25,28H,3-5H2,1-2H3,(H,39,40)/b21-16-. The van der Waals surface area contributed by atoms with Crippen molar-refractivity contribution in [3.8, 4) is 27.6 Å². The molecule has 7 nitrogen and oxygen atoms in total. The summed E-state index contributed by atoms with van der Waals surface area (Å²) in [4.78, 5) is 17.1. The first-order valence-electron chi connectivity index (χ1n) is 13.7. The van der Waals surface area contributed by atoms with Gasteiger partial charge in [0, 0.05) is 51.3 Å². The summed E-state index contributed by atoms with van der Waals surface area (Å²) in [6.45, 7) is 2.13. The van der Waals surface area contributed by atoms with Crippen LogP contribution >= 0.6 is 11.3 Å². The van der Waals surface area contributed by atoms with Crippen LogP contribution in [0, 0.1) is 18.3 Å². The van der Waals surface area contributed by atoms with Gasteiger partial charge in [-0.3, -0.25) is 0 Å². The van der Waals surface area contributed by atoms with Crippen LogP contribution < -0.4 is 4.90 Å². The number of aromatic nitrogens is 3. The van der Waals surface area contributed by atoms with Crippen LogP contribution in [0.5, 0.6) is 0 Å². The summed E-state index contributed by atoms with van der Waals surface area (Å²) < 4.78 is 0. The zero-order valence-corrected chi connectivity index (χ0v) is 23.5. The lowest BCUT2D eigenvalue weighted by Gasteiger charge is -2.27. The molecule has 0 bridgehead atoms. The molecule has 1 fully saturated rings. The third-order valence-electron chi connectivity index (χ3n) is 8.29. The van der Waals surface area contributed by atoms with Gasteiger partial charge in [0.15, 0.2) is 0 Å². The van der Waals surface area contributed by atoms with E-state index in [9.17, 15) is 9.90 Å². The molecule has 7 rings (SSSR count). The quantitative estimate of drug-likeness (QED) is 0.178. The van der Waals surface area contributed by atoms with Crippen molar-refractivity contribution < 1.29 is 9.90 Å². The number of carboxylic acid groups (broad SMARTS) is 1. The normalized spacial score (nSPS) is 18.0. The van der Waals surface area contributed by atoms with Crippen LogP contribution in [0.4, 0.5) is 11.4 Å². The van der Waals surface area contributed by atoms with Gasteiger partial charge in [-0.05, 0) is 73.4 Å². The van der Waals surface area contributed by atoms with Crippen molar-refractivity contribution >= 4 is 45.8 Å². The number of nitrogens with zero attached hydrogens (tertiary/aromatic N) is 5. The highest BCUT2D eigenvalue weighted by molar-refractivity contribution is 7.16. The monoisotopic (exact) mass is 557 g/mol. The van der Waals surface area contributed by atoms with Gasteiger partial charge in [0.2, 0.25) is 0 Å². The molecule has 0 saturated heterocycles. The minimum absolute atomic E-state index is 0.291. The molecule has 1 saturated carbocycles. The maximum atomic E-state index is 11.3. The first-order chi connectivity index (χ1) is 19.9. The number of nitriles is 1. The minimum Gasteiger partial charge on any atom is -0.477 e. The van der Waals surface area contributed by atoms with Gasteiger partial charge in [0.1, 0.15) is 22.7 Å². The Morgan fingerprint density at radius 1 is 1.02 bits per heavy atom. The summed E-state index contributed by atoms with van der Waals surface area (Å²) in [5, 5.41) is 27.8. The largest absolute Gasteiger partial charge is 0.477 e. The van der Waals surface area contributed by atoms with Gasteiger partial charge in [-0.25, -0.2) is 4.79 Å². The zero-order chi connectivity index (χ0) is 28.2. The first-order valence-corrected chi connectivity index (χ1v) is 14.5. The molecule has 3 heterocycles. The van der Waals surface area contributed by atoms with Crippen molar-refractivity contribution in [3.63, 3.8) is 0 Å². The van der Waals surface area contributed by atoms with Gasteiger partial charge in [-0.2, -0.15) is 20.3 Å². The second-order valence-corrected chi connectivity index (χ2v) is 11.9. The molecule has 202 valence electrons. The van der Waals surface area contributed by atoms with Crippen LogP contribution in [-0.4, -0.2) is 32.1 Å². The average Bonchev–Trinajstić information content (AvgIpc) is 3.75. The van der Waals surface area contributed by atoms with Gasteiger partial charge in [-0.15, -0.1) is 11.3 Å². The molecule has 2 aliphatic rings. The van der Waals surface area contributed by atoms with E-state index in [-0.39, 0.29) is 5.57 Å². The van der Waals surface area contributed by atoms with E-state index in [0.29, 0.717) is 16.8 Å². The summed E-state index contributed by atoms with van der Waals surface area (Å²) >= 11 is 1.43. The fraction of sp³-hybridized carbons (Fsp3) is 0.212. The number of aliphatic carboxylic acids is 1.